The minimum absolute atomic E-state index is 0.301. The van der Waals surface area contributed by atoms with Gasteiger partial charge in [0.25, 0.3) is 0 Å². The number of esters is 1. The van der Waals surface area contributed by atoms with Crippen molar-refractivity contribution in [1.82, 2.24) is 9.78 Å². The van der Waals surface area contributed by atoms with Crippen LogP contribution in [0.25, 0.3) is 10.9 Å². The first-order valence-corrected chi connectivity index (χ1v) is 6.54. The molecule has 1 aliphatic rings. The van der Waals surface area contributed by atoms with Crippen LogP contribution >= 0.6 is 22.6 Å². The molecule has 1 saturated carbocycles. The van der Waals surface area contributed by atoms with Crippen molar-refractivity contribution in [3.05, 3.63) is 27.5 Å². The molecular weight excluding hydrogens is 331 g/mol. The molecule has 17 heavy (non-hydrogen) atoms. The number of methoxy groups -OCH3 is 1. The summed E-state index contributed by atoms with van der Waals surface area (Å²) in [5.74, 6) is -0.301. The van der Waals surface area contributed by atoms with Crippen LogP contribution in [0.2, 0.25) is 0 Å². The van der Waals surface area contributed by atoms with Gasteiger partial charge in [-0.15, -0.1) is 0 Å². The van der Waals surface area contributed by atoms with E-state index in [1.165, 1.54) is 20.0 Å². The fourth-order valence-corrected chi connectivity index (χ4v) is 2.63. The van der Waals surface area contributed by atoms with Crippen molar-refractivity contribution >= 4 is 39.5 Å². The summed E-state index contributed by atoms with van der Waals surface area (Å²) in [6, 6.07) is 6.10. The number of carbonyl (C=O) groups excluding carboxylic acids is 1. The molecule has 1 aliphatic carbocycles. The van der Waals surface area contributed by atoms with E-state index in [1.54, 1.807) is 6.07 Å². The third kappa shape index (κ3) is 1.82. The molecule has 1 fully saturated rings. The minimum atomic E-state index is -0.301. The molecule has 0 bridgehead atoms. The van der Waals surface area contributed by atoms with Crippen LogP contribution in [0.1, 0.15) is 29.2 Å². The molecule has 1 aromatic heterocycles. The van der Waals surface area contributed by atoms with Crippen molar-refractivity contribution < 1.29 is 9.53 Å². The van der Waals surface area contributed by atoms with E-state index in [4.69, 9.17) is 4.74 Å². The second kappa shape index (κ2) is 3.97. The first-order chi connectivity index (χ1) is 8.20. The summed E-state index contributed by atoms with van der Waals surface area (Å²) in [7, 11) is 1.40. The molecule has 5 heteroatoms. The predicted octanol–water partition coefficient (Wildman–Crippen LogP) is 2.76. The molecule has 1 aromatic carbocycles. The van der Waals surface area contributed by atoms with E-state index in [2.05, 4.69) is 27.7 Å². The lowest BCUT2D eigenvalue weighted by atomic mass is 10.1. The van der Waals surface area contributed by atoms with Crippen LogP contribution in [0.15, 0.2) is 18.2 Å². The van der Waals surface area contributed by atoms with Gasteiger partial charge in [0, 0.05) is 5.39 Å². The number of hydrogen-bond donors (Lipinski definition) is 0. The predicted molar refractivity (Wildman–Crippen MR) is 72.1 cm³/mol. The Labute approximate surface area is 112 Å². The topological polar surface area (TPSA) is 44.1 Å². The molecule has 0 spiro atoms. The molecule has 4 nitrogen and oxygen atoms in total. The third-order valence-electron chi connectivity index (χ3n) is 2.98. The lowest BCUT2D eigenvalue weighted by molar-refractivity contribution is 0.0601. The number of aromatic nitrogens is 2. The highest BCUT2D eigenvalue weighted by Crippen LogP contribution is 2.37. The Kier molecular flexibility index (Phi) is 2.57. The van der Waals surface area contributed by atoms with Crippen molar-refractivity contribution in [2.24, 2.45) is 0 Å². The van der Waals surface area contributed by atoms with Gasteiger partial charge in [0.05, 0.1) is 24.2 Å². The highest BCUT2D eigenvalue weighted by Gasteiger charge is 2.27. The minimum Gasteiger partial charge on any atom is -0.465 e. The van der Waals surface area contributed by atoms with Crippen LogP contribution in [-0.2, 0) is 4.74 Å². The van der Waals surface area contributed by atoms with Gasteiger partial charge in [-0.3, -0.25) is 4.68 Å². The average Bonchev–Trinajstić information content (AvgIpc) is 3.14. The van der Waals surface area contributed by atoms with Crippen molar-refractivity contribution in [3.8, 4) is 0 Å². The van der Waals surface area contributed by atoms with Crippen molar-refractivity contribution in [3.63, 3.8) is 0 Å². The molecule has 1 heterocycles. The molecule has 0 unspecified atom stereocenters. The highest BCUT2D eigenvalue weighted by molar-refractivity contribution is 14.1. The molecule has 2 aromatic rings. The van der Waals surface area contributed by atoms with E-state index in [1.807, 2.05) is 16.8 Å². The number of halogens is 1. The monoisotopic (exact) mass is 342 g/mol. The molecule has 0 aliphatic heterocycles. The van der Waals surface area contributed by atoms with E-state index in [-0.39, 0.29) is 5.97 Å². The van der Waals surface area contributed by atoms with Gasteiger partial charge < -0.3 is 4.74 Å². The molecule has 0 atom stereocenters. The lowest BCUT2D eigenvalue weighted by Gasteiger charge is -2.02. The smallest absolute Gasteiger partial charge is 0.337 e. The Bertz CT molecular complexity index is 602. The first kappa shape index (κ1) is 11.0. The van der Waals surface area contributed by atoms with Crippen molar-refractivity contribution in [2.75, 3.05) is 7.11 Å². The molecule has 3 rings (SSSR count). The Morgan fingerprint density at radius 3 is 2.94 bits per heavy atom. The second-order valence-electron chi connectivity index (χ2n) is 4.19. The number of nitrogens with zero attached hydrogens (tertiary/aromatic N) is 2. The number of ether oxygens (including phenoxy) is 1. The molecule has 0 amide bonds. The van der Waals surface area contributed by atoms with Crippen LogP contribution in [0.3, 0.4) is 0 Å². The van der Waals surface area contributed by atoms with Crippen LogP contribution in [0.5, 0.6) is 0 Å². The van der Waals surface area contributed by atoms with E-state index in [0.717, 1.165) is 14.6 Å². The summed E-state index contributed by atoms with van der Waals surface area (Å²) >= 11 is 2.23. The zero-order valence-corrected chi connectivity index (χ0v) is 11.5. The van der Waals surface area contributed by atoms with Gasteiger partial charge in [0.2, 0.25) is 0 Å². The molecule has 0 N–H and O–H groups in total. The highest BCUT2D eigenvalue weighted by atomic mass is 127. The largest absolute Gasteiger partial charge is 0.465 e. The average molecular weight is 342 g/mol. The number of fused-ring (bicyclic) bond motifs is 1. The number of benzene rings is 1. The fraction of sp³-hybridized carbons (Fsp3) is 0.333. The molecular formula is C12H11IN2O2. The van der Waals surface area contributed by atoms with Gasteiger partial charge in [-0.25, -0.2) is 4.79 Å². The van der Waals surface area contributed by atoms with Crippen molar-refractivity contribution in [1.29, 1.82) is 0 Å². The van der Waals surface area contributed by atoms with E-state index >= 15 is 0 Å². The van der Waals surface area contributed by atoms with E-state index in [9.17, 15) is 4.79 Å². The molecule has 0 radical (unpaired) electrons. The summed E-state index contributed by atoms with van der Waals surface area (Å²) in [4.78, 5) is 11.5. The molecule has 88 valence electrons. The number of carbonyl (C=O) groups is 1. The number of hydrogen-bond acceptors (Lipinski definition) is 3. The van der Waals surface area contributed by atoms with Crippen LogP contribution in [0.4, 0.5) is 0 Å². The Hall–Kier alpha value is -1.11. The van der Waals surface area contributed by atoms with Crippen LogP contribution in [0, 0.1) is 3.70 Å². The van der Waals surface area contributed by atoms with Crippen molar-refractivity contribution in [2.45, 2.75) is 18.9 Å². The summed E-state index contributed by atoms with van der Waals surface area (Å²) < 4.78 is 7.76. The van der Waals surface area contributed by atoms with Gasteiger partial charge in [-0.2, -0.15) is 5.10 Å². The van der Waals surface area contributed by atoms with E-state index < -0.39 is 0 Å². The Morgan fingerprint density at radius 1 is 1.53 bits per heavy atom. The van der Waals surface area contributed by atoms with Gasteiger partial charge in [-0.1, -0.05) is 0 Å². The summed E-state index contributed by atoms with van der Waals surface area (Å²) in [5.41, 5.74) is 1.61. The maximum atomic E-state index is 11.5. The van der Waals surface area contributed by atoms with Gasteiger partial charge in [0.1, 0.15) is 3.70 Å². The zero-order valence-electron chi connectivity index (χ0n) is 9.31. The summed E-state index contributed by atoms with van der Waals surface area (Å²) in [6.45, 7) is 0. The Morgan fingerprint density at radius 2 is 2.29 bits per heavy atom. The van der Waals surface area contributed by atoms with Crippen LogP contribution < -0.4 is 0 Å². The van der Waals surface area contributed by atoms with E-state index in [0.29, 0.717) is 11.6 Å². The lowest BCUT2D eigenvalue weighted by Crippen LogP contribution is -2.02. The number of rotatable bonds is 2. The maximum Gasteiger partial charge on any atom is 0.337 e. The van der Waals surface area contributed by atoms with Gasteiger partial charge in [0.15, 0.2) is 0 Å². The quantitative estimate of drug-likeness (QED) is 0.623. The SMILES string of the molecule is COC(=O)c1ccc2c(I)nn(C3CC3)c2c1. The Balaban J connectivity index is 2.19. The second-order valence-corrected chi connectivity index (χ2v) is 5.21. The van der Waals surface area contributed by atoms with Gasteiger partial charge in [-0.05, 0) is 53.6 Å². The standard InChI is InChI=1S/C12H11IN2O2/c1-17-12(16)7-2-5-9-10(6-7)15(8-3-4-8)14-11(9)13/h2,5-6,8H,3-4H2,1H3. The third-order valence-corrected chi connectivity index (χ3v) is 3.77. The van der Waals surface area contributed by atoms with Gasteiger partial charge >= 0.3 is 5.97 Å². The zero-order chi connectivity index (χ0) is 12.0. The maximum absolute atomic E-state index is 11.5. The summed E-state index contributed by atoms with van der Waals surface area (Å²) in [5, 5.41) is 5.63. The normalized spacial score (nSPS) is 15.2. The first-order valence-electron chi connectivity index (χ1n) is 5.47. The summed E-state index contributed by atoms with van der Waals surface area (Å²) in [6.07, 6.45) is 2.35. The van der Waals surface area contributed by atoms with Crippen LogP contribution in [-0.4, -0.2) is 22.9 Å². The molecule has 0 saturated heterocycles. The fourth-order valence-electron chi connectivity index (χ4n) is 1.94.